The van der Waals surface area contributed by atoms with Gasteiger partial charge in [0.05, 0.1) is 12.5 Å². The SMILES string of the molecule is CN(CCC#N)Cc1ccccc1CC(=O)O. The molecule has 0 radical (unpaired) electrons. The third kappa shape index (κ3) is 4.66. The van der Waals surface area contributed by atoms with E-state index in [-0.39, 0.29) is 6.42 Å². The molecule has 4 nitrogen and oxygen atoms in total. The zero-order valence-electron chi connectivity index (χ0n) is 9.89. The molecule has 0 bridgehead atoms. The molecule has 0 aliphatic heterocycles. The van der Waals surface area contributed by atoms with E-state index in [1.807, 2.05) is 36.2 Å². The summed E-state index contributed by atoms with van der Waals surface area (Å²) in [5.74, 6) is -0.822. The van der Waals surface area contributed by atoms with Gasteiger partial charge >= 0.3 is 5.97 Å². The van der Waals surface area contributed by atoms with Gasteiger partial charge in [-0.25, -0.2) is 0 Å². The lowest BCUT2D eigenvalue weighted by Gasteiger charge is -2.17. The molecule has 0 aliphatic rings. The highest BCUT2D eigenvalue weighted by Crippen LogP contribution is 2.12. The first kappa shape index (κ1) is 13.2. The van der Waals surface area contributed by atoms with Crippen LogP contribution < -0.4 is 0 Å². The van der Waals surface area contributed by atoms with Gasteiger partial charge in [0, 0.05) is 19.5 Å². The summed E-state index contributed by atoms with van der Waals surface area (Å²) in [6.45, 7) is 1.36. The van der Waals surface area contributed by atoms with Crippen LogP contribution in [-0.4, -0.2) is 29.6 Å². The predicted molar refractivity (Wildman–Crippen MR) is 64.3 cm³/mol. The fourth-order valence-electron chi connectivity index (χ4n) is 1.66. The van der Waals surface area contributed by atoms with Crippen LogP contribution in [0.1, 0.15) is 17.5 Å². The molecular formula is C13H16N2O2. The molecule has 0 aliphatic carbocycles. The summed E-state index contributed by atoms with van der Waals surface area (Å²) in [7, 11) is 1.93. The maximum absolute atomic E-state index is 10.7. The molecule has 90 valence electrons. The van der Waals surface area contributed by atoms with Crippen LogP contribution in [0, 0.1) is 11.3 Å². The molecule has 1 rings (SSSR count). The number of nitriles is 1. The Hall–Kier alpha value is -1.86. The van der Waals surface area contributed by atoms with Crippen molar-refractivity contribution in [2.45, 2.75) is 19.4 Å². The van der Waals surface area contributed by atoms with Crippen molar-refractivity contribution in [2.75, 3.05) is 13.6 Å². The van der Waals surface area contributed by atoms with Crippen molar-refractivity contribution in [2.24, 2.45) is 0 Å². The Morgan fingerprint density at radius 2 is 2.06 bits per heavy atom. The summed E-state index contributed by atoms with van der Waals surface area (Å²) >= 11 is 0. The van der Waals surface area contributed by atoms with E-state index in [0.717, 1.165) is 11.1 Å². The quantitative estimate of drug-likeness (QED) is 0.810. The second kappa shape index (κ2) is 6.66. The average Bonchev–Trinajstić information content (AvgIpc) is 2.28. The highest BCUT2D eigenvalue weighted by Gasteiger charge is 2.08. The molecule has 4 heteroatoms. The van der Waals surface area contributed by atoms with Gasteiger partial charge in [-0.05, 0) is 18.2 Å². The van der Waals surface area contributed by atoms with E-state index in [9.17, 15) is 4.79 Å². The zero-order chi connectivity index (χ0) is 12.7. The third-order valence-electron chi connectivity index (χ3n) is 2.51. The van der Waals surface area contributed by atoms with Crippen LogP contribution in [0.2, 0.25) is 0 Å². The molecule has 1 aromatic carbocycles. The number of benzene rings is 1. The Kier molecular flexibility index (Phi) is 5.18. The maximum atomic E-state index is 10.7. The van der Waals surface area contributed by atoms with Gasteiger partial charge in [-0.3, -0.25) is 4.79 Å². The fraction of sp³-hybridized carbons (Fsp3) is 0.385. The first-order valence-corrected chi connectivity index (χ1v) is 5.47. The number of carboxylic acid groups (broad SMARTS) is 1. The van der Waals surface area contributed by atoms with E-state index in [4.69, 9.17) is 10.4 Å². The summed E-state index contributed by atoms with van der Waals surface area (Å²) in [4.78, 5) is 12.7. The molecule has 0 spiro atoms. The van der Waals surface area contributed by atoms with Crippen LogP contribution in [0.25, 0.3) is 0 Å². The Balaban J connectivity index is 2.69. The Morgan fingerprint density at radius 3 is 2.65 bits per heavy atom. The van der Waals surface area contributed by atoms with Crippen molar-refractivity contribution in [3.05, 3.63) is 35.4 Å². The van der Waals surface area contributed by atoms with Gasteiger partial charge in [-0.15, -0.1) is 0 Å². The van der Waals surface area contributed by atoms with E-state index in [1.54, 1.807) is 0 Å². The molecule has 0 aromatic heterocycles. The molecule has 1 aromatic rings. The van der Waals surface area contributed by atoms with Crippen LogP contribution in [0.4, 0.5) is 0 Å². The molecular weight excluding hydrogens is 216 g/mol. The van der Waals surface area contributed by atoms with Crippen LogP contribution in [0.5, 0.6) is 0 Å². The van der Waals surface area contributed by atoms with Gasteiger partial charge in [-0.1, -0.05) is 24.3 Å². The van der Waals surface area contributed by atoms with E-state index in [1.165, 1.54) is 0 Å². The molecule has 0 unspecified atom stereocenters. The van der Waals surface area contributed by atoms with Crippen molar-refractivity contribution >= 4 is 5.97 Å². The number of rotatable bonds is 6. The Labute approximate surface area is 101 Å². The fourth-order valence-corrected chi connectivity index (χ4v) is 1.66. The number of nitrogens with zero attached hydrogens (tertiary/aromatic N) is 2. The molecule has 17 heavy (non-hydrogen) atoms. The second-order valence-electron chi connectivity index (χ2n) is 3.99. The summed E-state index contributed by atoms with van der Waals surface area (Å²) in [5.41, 5.74) is 1.85. The largest absolute Gasteiger partial charge is 0.481 e. The smallest absolute Gasteiger partial charge is 0.307 e. The number of hydrogen-bond acceptors (Lipinski definition) is 3. The van der Waals surface area contributed by atoms with Crippen molar-refractivity contribution in [1.82, 2.24) is 4.90 Å². The van der Waals surface area contributed by atoms with Crippen LogP contribution in [0.3, 0.4) is 0 Å². The molecule has 0 saturated carbocycles. The standard InChI is InChI=1S/C13H16N2O2/c1-15(8-4-7-14)10-12-6-3-2-5-11(12)9-13(16)17/h2-3,5-6H,4,8-10H2,1H3,(H,16,17). The zero-order valence-corrected chi connectivity index (χ0v) is 9.89. The van der Waals surface area contributed by atoms with Crippen LogP contribution in [-0.2, 0) is 17.8 Å². The lowest BCUT2D eigenvalue weighted by atomic mass is 10.0. The topological polar surface area (TPSA) is 64.3 Å². The molecule has 1 N–H and O–H groups in total. The highest BCUT2D eigenvalue weighted by molar-refractivity contribution is 5.70. The molecule has 0 heterocycles. The summed E-state index contributed by atoms with van der Waals surface area (Å²) in [6.07, 6.45) is 0.528. The minimum Gasteiger partial charge on any atom is -0.481 e. The van der Waals surface area contributed by atoms with Gasteiger partial charge in [0.2, 0.25) is 0 Å². The van der Waals surface area contributed by atoms with Gasteiger partial charge in [0.1, 0.15) is 0 Å². The first-order valence-electron chi connectivity index (χ1n) is 5.47. The van der Waals surface area contributed by atoms with Crippen LogP contribution >= 0.6 is 0 Å². The van der Waals surface area contributed by atoms with E-state index in [2.05, 4.69) is 6.07 Å². The lowest BCUT2D eigenvalue weighted by Crippen LogP contribution is -2.20. The lowest BCUT2D eigenvalue weighted by molar-refractivity contribution is -0.136. The Bertz CT molecular complexity index is 424. The number of hydrogen-bond donors (Lipinski definition) is 1. The minimum atomic E-state index is -0.822. The maximum Gasteiger partial charge on any atom is 0.307 e. The molecule has 0 fully saturated rings. The predicted octanol–water partition coefficient (Wildman–Crippen LogP) is 1.66. The van der Waals surface area contributed by atoms with Crippen LogP contribution in [0.15, 0.2) is 24.3 Å². The molecule has 0 atom stereocenters. The second-order valence-corrected chi connectivity index (χ2v) is 3.99. The normalized spacial score (nSPS) is 10.2. The average molecular weight is 232 g/mol. The van der Waals surface area contributed by atoms with Crippen molar-refractivity contribution in [3.8, 4) is 6.07 Å². The van der Waals surface area contributed by atoms with Crippen molar-refractivity contribution in [3.63, 3.8) is 0 Å². The first-order chi connectivity index (χ1) is 8.13. The van der Waals surface area contributed by atoms with Gasteiger partial charge in [-0.2, -0.15) is 5.26 Å². The van der Waals surface area contributed by atoms with E-state index in [0.29, 0.717) is 19.5 Å². The van der Waals surface area contributed by atoms with Crippen molar-refractivity contribution in [1.29, 1.82) is 5.26 Å². The van der Waals surface area contributed by atoms with E-state index >= 15 is 0 Å². The summed E-state index contributed by atoms with van der Waals surface area (Å²) < 4.78 is 0. The van der Waals surface area contributed by atoms with E-state index < -0.39 is 5.97 Å². The third-order valence-corrected chi connectivity index (χ3v) is 2.51. The van der Waals surface area contributed by atoms with Gasteiger partial charge in [0.15, 0.2) is 0 Å². The Morgan fingerprint density at radius 1 is 1.41 bits per heavy atom. The summed E-state index contributed by atoms with van der Waals surface area (Å²) in [5, 5.41) is 17.3. The monoisotopic (exact) mass is 232 g/mol. The van der Waals surface area contributed by atoms with Gasteiger partial charge in [0.25, 0.3) is 0 Å². The minimum absolute atomic E-state index is 0.0439. The molecule has 0 saturated heterocycles. The number of carboxylic acids is 1. The summed E-state index contributed by atoms with van der Waals surface area (Å²) in [6, 6.07) is 9.61. The highest BCUT2D eigenvalue weighted by atomic mass is 16.4. The number of aliphatic carboxylic acids is 1. The number of carbonyl (C=O) groups is 1. The van der Waals surface area contributed by atoms with Crippen molar-refractivity contribution < 1.29 is 9.90 Å². The van der Waals surface area contributed by atoms with Gasteiger partial charge < -0.3 is 10.0 Å². The molecule has 0 amide bonds.